The molecular weight excluding hydrogens is 322 g/mol. The number of carbonyl (C=O) groups excluding carboxylic acids is 2. The molecule has 1 aliphatic carbocycles. The monoisotopic (exact) mass is 339 g/mol. The molecule has 7 heteroatoms. The van der Waals surface area contributed by atoms with Gasteiger partial charge in [0.2, 0.25) is 5.91 Å². The van der Waals surface area contributed by atoms with Gasteiger partial charge < -0.3 is 10.6 Å². The Morgan fingerprint density at radius 2 is 1.64 bits per heavy atom. The molecular formula is C18H17N3O4. The number of anilines is 2. The van der Waals surface area contributed by atoms with E-state index in [2.05, 4.69) is 10.6 Å². The van der Waals surface area contributed by atoms with Crippen molar-refractivity contribution in [1.29, 1.82) is 0 Å². The van der Waals surface area contributed by atoms with Gasteiger partial charge in [-0.2, -0.15) is 0 Å². The number of hydrogen-bond acceptors (Lipinski definition) is 4. The molecule has 0 aliphatic heterocycles. The fourth-order valence-electron chi connectivity index (χ4n) is 2.42. The maximum absolute atomic E-state index is 12.3. The van der Waals surface area contributed by atoms with Gasteiger partial charge in [-0.3, -0.25) is 19.7 Å². The molecule has 0 aromatic heterocycles. The van der Waals surface area contributed by atoms with Crippen molar-refractivity contribution >= 4 is 28.9 Å². The molecule has 2 aromatic rings. The van der Waals surface area contributed by atoms with Crippen LogP contribution < -0.4 is 10.6 Å². The van der Waals surface area contributed by atoms with Gasteiger partial charge in [0.1, 0.15) is 0 Å². The molecule has 0 saturated heterocycles. The van der Waals surface area contributed by atoms with E-state index in [1.54, 1.807) is 18.2 Å². The van der Waals surface area contributed by atoms with Crippen molar-refractivity contribution in [2.24, 2.45) is 5.92 Å². The van der Waals surface area contributed by atoms with E-state index in [4.69, 9.17) is 0 Å². The van der Waals surface area contributed by atoms with Crippen LogP contribution >= 0.6 is 0 Å². The van der Waals surface area contributed by atoms with Gasteiger partial charge in [0, 0.05) is 35.0 Å². The number of nitrogens with zero attached hydrogens (tertiary/aromatic N) is 1. The Labute approximate surface area is 144 Å². The molecule has 1 fully saturated rings. The first-order chi connectivity index (χ1) is 12.0. The van der Waals surface area contributed by atoms with Gasteiger partial charge in [0.25, 0.3) is 11.6 Å². The lowest BCUT2D eigenvalue weighted by atomic mass is 10.1. The van der Waals surface area contributed by atoms with Crippen molar-refractivity contribution in [3.63, 3.8) is 0 Å². The van der Waals surface area contributed by atoms with E-state index in [0.717, 1.165) is 18.4 Å². The zero-order valence-electron chi connectivity index (χ0n) is 13.6. The van der Waals surface area contributed by atoms with Crippen LogP contribution in [-0.4, -0.2) is 16.7 Å². The van der Waals surface area contributed by atoms with Crippen molar-refractivity contribution in [2.45, 2.75) is 19.8 Å². The van der Waals surface area contributed by atoms with Gasteiger partial charge in [-0.15, -0.1) is 0 Å². The Balaban J connectivity index is 1.74. The molecule has 3 rings (SSSR count). The van der Waals surface area contributed by atoms with E-state index in [-0.39, 0.29) is 23.4 Å². The summed E-state index contributed by atoms with van der Waals surface area (Å²) in [4.78, 5) is 34.4. The SMILES string of the molecule is Cc1c(NC(=O)c2ccc([N+](=O)[O-])cc2)cccc1NC(=O)C1CC1. The maximum Gasteiger partial charge on any atom is 0.269 e. The first kappa shape index (κ1) is 16.6. The average molecular weight is 339 g/mol. The zero-order valence-corrected chi connectivity index (χ0v) is 13.6. The number of nitro benzene ring substituents is 1. The Kier molecular flexibility index (Phi) is 4.47. The van der Waals surface area contributed by atoms with Crippen LogP contribution in [0.1, 0.15) is 28.8 Å². The second-order valence-electron chi connectivity index (χ2n) is 6.00. The van der Waals surface area contributed by atoms with Crippen LogP contribution in [0.15, 0.2) is 42.5 Å². The summed E-state index contributed by atoms with van der Waals surface area (Å²) in [5.41, 5.74) is 2.25. The molecule has 0 atom stereocenters. The molecule has 0 heterocycles. The third-order valence-corrected chi connectivity index (χ3v) is 4.13. The number of hydrogen-bond donors (Lipinski definition) is 2. The lowest BCUT2D eigenvalue weighted by Crippen LogP contribution is -2.16. The standard InChI is InChI=1S/C18H17N3O4/c1-11-15(19-17(22)12-5-6-12)3-2-4-16(11)20-18(23)13-7-9-14(10-8-13)21(24)25/h2-4,7-10,12H,5-6H2,1H3,(H,19,22)(H,20,23). The average Bonchev–Trinajstić information content (AvgIpc) is 3.43. The fourth-order valence-corrected chi connectivity index (χ4v) is 2.42. The molecule has 128 valence electrons. The summed E-state index contributed by atoms with van der Waals surface area (Å²) >= 11 is 0. The summed E-state index contributed by atoms with van der Waals surface area (Å²) in [5, 5.41) is 16.3. The highest BCUT2D eigenvalue weighted by atomic mass is 16.6. The quantitative estimate of drug-likeness (QED) is 0.643. The topological polar surface area (TPSA) is 101 Å². The summed E-state index contributed by atoms with van der Waals surface area (Å²) in [7, 11) is 0. The van der Waals surface area contributed by atoms with E-state index >= 15 is 0 Å². The summed E-state index contributed by atoms with van der Waals surface area (Å²) in [6.45, 7) is 1.81. The van der Waals surface area contributed by atoms with E-state index in [0.29, 0.717) is 16.9 Å². The lowest BCUT2D eigenvalue weighted by Gasteiger charge is -2.13. The molecule has 25 heavy (non-hydrogen) atoms. The minimum Gasteiger partial charge on any atom is -0.326 e. The second-order valence-corrected chi connectivity index (χ2v) is 6.00. The Bertz CT molecular complexity index is 842. The number of non-ortho nitro benzene ring substituents is 1. The van der Waals surface area contributed by atoms with Gasteiger partial charge in [0.15, 0.2) is 0 Å². The van der Waals surface area contributed by atoms with Gasteiger partial charge in [-0.05, 0) is 49.6 Å². The van der Waals surface area contributed by atoms with E-state index in [1.165, 1.54) is 24.3 Å². The smallest absolute Gasteiger partial charge is 0.269 e. The Hall–Kier alpha value is -3.22. The maximum atomic E-state index is 12.3. The number of nitrogens with one attached hydrogen (secondary N) is 2. The molecule has 7 nitrogen and oxygen atoms in total. The molecule has 2 N–H and O–H groups in total. The lowest BCUT2D eigenvalue weighted by molar-refractivity contribution is -0.384. The van der Waals surface area contributed by atoms with Crippen LogP contribution in [0.25, 0.3) is 0 Å². The van der Waals surface area contributed by atoms with E-state index in [9.17, 15) is 19.7 Å². The Morgan fingerprint density at radius 3 is 2.20 bits per heavy atom. The molecule has 2 amide bonds. The van der Waals surface area contributed by atoms with Crippen molar-refractivity contribution in [3.05, 3.63) is 63.7 Å². The third-order valence-electron chi connectivity index (χ3n) is 4.13. The highest BCUT2D eigenvalue weighted by Gasteiger charge is 2.29. The minimum absolute atomic E-state index is 0.00180. The Morgan fingerprint density at radius 1 is 1.04 bits per heavy atom. The summed E-state index contributed by atoms with van der Waals surface area (Å²) in [6.07, 6.45) is 1.84. The number of nitro groups is 1. The minimum atomic E-state index is -0.516. The van der Waals surface area contributed by atoms with Crippen molar-refractivity contribution in [2.75, 3.05) is 10.6 Å². The first-order valence-electron chi connectivity index (χ1n) is 7.92. The predicted octanol–water partition coefficient (Wildman–Crippen LogP) is 3.50. The fraction of sp³-hybridized carbons (Fsp3) is 0.222. The normalized spacial score (nSPS) is 13.2. The largest absolute Gasteiger partial charge is 0.326 e. The highest BCUT2D eigenvalue weighted by molar-refractivity contribution is 6.05. The highest BCUT2D eigenvalue weighted by Crippen LogP contribution is 2.31. The number of carbonyl (C=O) groups is 2. The third kappa shape index (κ3) is 3.82. The van der Waals surface area contributed by atoms with Gasteiger partial charge in [0.05, 0.1) is 4.92 Å². The number of rotatable bonds is 5. The van der Waals surface area contributed by atoms with Gasteiger partial charge in [-0.25, -0.2) is 0 Å². The second kappa shape index (κ2) is 6.72. The zero-order chi connectivity index (χ0) is 18.0. The van der Waals surface area contributed by atoms with Crippen molar-refractivity contribution in [3.8, 4) is 0 Å². The molecule has 1 saturated carbocycles. The van der Waals surface area contributed by atoms with E-state index in [1.807, 2.05) is 6.92 Å². The van der Waals surface area contributed by atoms with Gasteiger partial charge in [-0.1, -0.05) is 6.07 Å². The van der Waals surface area contributed by atoms with Crippen LogP contribution in [0, 0.1) is 23.0 Å². The summed E-state index contributed by atoms with van der Waals surface area (Å²) in [6, 6.07) is 10.7. The van der Waals surface area contributed by atoms with Crippen LogP contribution in [0.3, 0.4) is 0 Å². The van der Waals surface area contributed by atoms with Crippen LogP contribution in [0.2, 0.25) is 0 Å². The molecule has 0 bridgehead atoms. The molecule has 0 unspecified atom stereocenters. The number of benzene rings is 2. The van der Waals surface area contributed by atoms with Crippen molar-refractivity contribution in [1.82, 2.24) is 0 Å². The van der Waals surface area contributed by atoms with Crippen LogP contribution in [0.4, 0.5) is 17.1 Å². The summed E-state index contributed by atoms with van der Waals surface area (Å²) < 4.78 is 0. The molecule has 0 radical (unpaired) electrons. The summed E-state index contributed by atoms with van der Waals surface area (Å²) in [5.74, 6) is -0.275. The van der Waals surface area contributed by atoms with Crippen LogP contribution in [0.5, 0.6) is 0 Å². The van der Waals surface area contributed by atoms with Crippen molar-refractivity contribution < 1.29 is 14.5 Å². The molecule has 2 aromatic carbocycles. The van der Waals surface area contributed by atoms with Gasteiger partial charge >= 0.3 is 0 Å². The van der Waals surface area contributed by atoms with Crippen LogP contribution in [-0.2, 0) is 4.79 Å². The molecule has 1 aliphatic rings. The predicted molar refractivity (Wildman–Crippen MR) is 93.6 cm³/mol. The van der Waals surface area contributed by atoms with E-state index < -0.39 is 4.92 Å². The molecule has 0 spiro atoms. The first-order valence-corrected chi connectivity index (χ1v) is 7.92. The number of amides is 2.